The van der Waals surface area contributed by atoms with Crippen LogP contribution in [0.15, 0.2) is 48.5 Å². The molecule has 2 aromatic carbocycles. The molecule has 0 unspecified atom stereocenters. The number of ether oxygens (including phenoxy) is 1. The van der Waals surface area contributed by atoms with Crippen LogP contribution >= 0.6 is 11.6 Å². The number of carbonyl (C=O) groups is 1. The van der Waals surface area contributed by atoms with E-state index in [4.69, 9.17) is 16.3 Å². The van der Waals surface area contributed by atoms with Crippen molar-refractivity contribution in [3.63, 3.8) is 0 Å². The highest BCUT2D eigenvalue weighted by atomic mass is 35.5. The maximum Gasteiger partial charge on any atom is 0.197 e. The fraction of sp³-hybridized carbons (Fsp3) is 0.278. The van der Waals surface area contributed by atoms with Crippen molar-refractivity contribution in [1.29, 1.82) is 0 Å². The third kappa shape index (κ3) is 2.02. The van der Waals surface area contributed by atoms with Crippen molar-refractivity contribution in [3.8, 4) is 0 Å². The Hall–Kier alpha value is -1.64. The molecule has 2 nitrogen and oxygen atoms in total. The Bertz CT molecular complexity index is 707. The van der Waals surface area contributed by atoms with Gasteiger partial charge >= 0.3 is 0 Å². The van der Waals surface area contributed by atoms with Crippen molar-refractivity contribution in [2.75, 3.05) is 0 Å². The Morgan fingerprint density at radius 3 is 2.67 bits per heavy atom. The zero-order chi connectivity index (χ0) is 14.4. The molecule has 0 amide bonds. The summed E-state index contributed by atoms with van der Waals surface area (Å²) in [5.74, 6) is 0.135. The molecule has 1 spiro atoms. The first-order chi connectivity index (χ1) is 10.2. The van der Waals surface area contributed by atoms with Gasteiger partial charge in [-0.25, -0.2) is 0 Å². The van der Waals surface area contributed by atoms with E-state index < -0.39 is 5.60 Å². The van der Waals surface area contributed by atoms with Crippen LogP contribution in [0.3, 0.4) is 0 Å². The van der Waals surface area contributed by atoms with Crippen molar-refractivity contribution in [2.24, 2.45) is 0 Å². The molecule has 0 aromatic heterocycles. The van der Waals surface area contributed by atoms with Crippen molar-refractivity contribution >= 4 is 17.4 Å². The number of epoxide rings is 1. The number of hydrogen-bond donors (Lipinski definition) is 0. The van der Waals surface area contributed by atoms with Gasteiger partial charge in [-0.05, 0) is 42.5 Å². The molecule has 1 heterocycles. The highest BCUT2D eigenvalue weighted by Crippen LogP contribution is 2.55. The predicted octanol–water partition coefficient (Wildman–Crippen LogP) is 4.37. The minimum absolute atomic E-state index is 0.131. The average Bonchev–Trinajstić information content (AvgIpc) is 3.25. The van der Waals surface area contributed by atoms with E-state index in [1.54, 1.807) is 0 Å². The second kappa shape index (κ2) is 4.69. The van der Waals surface area contributed by atoms with Crippen LogP contribution in [0, 0.1) is 0 Å². The van der Waals surface area contributed by atoms with E-state index in [2.05, 4.69) is 0 Å². The van der Waals surface area contributed by atoms with Crippen LogP contribution in [0.5, 0.6) is 0 Å². The summed E-state index contributed by atoms with van der Waals surface area (Å²) in [6, 6.07) is 15.5. The highest BCUT2D eigenvalue weighted by Gasteiger charge is 2.62. The predicted molar refractivity (Wildman–Crippen MR) is 81.7 cm³/mol. The van der Waals surface area contributed by atoms with Gasteiger partial charge in [0.15, 0.2) is 11.4 Å². The molecule has 1 saturated heterocycles. The molecule has 2 atom stereocenters. The van der Waals surface area contributed by atoms with Crippen LogP contribution in [0.25, 0.3) is 0 Å². The zero-order valence-electron chi connectivity index (χ0n) is 11.5. The number of hydrogen-bond acceptors (Lipinski definition) is 2. The molecule has 3 heteroatoms. The van der Waals surface area contributed by atoms with E-state index in [9.17, 15) is 4.79 Å². The van der Waals surface area contributed by atoms with Crippen molar-refractivity contribution in [1.82, 2.24) is 0 Å². The number of benzene rings is 2. The van der Waals surface area contributed by atoms with Gasteiger partial charge in [0.05, 0.1) is 0 Å². The standard InChI is InChI=1S/C18H15ClO2/c19-14-9-7-13(8-10-14)17-18(21-17)11-3-5-12-4-1-2-6-15(12)16(18)20/h1-2,4,6-10,17H,3,5,11H2/t17-,18+/m1/s1. The molecule has 0 radical (unpaired) electrons. The molecule has 4 rings (SSSR count). The van der Waals surface area contributed by atoms with Gasteiger partial charge in [0.1, 0.15) is 6.10 Å². The summed E-state index contributed by atoms with van der Waals surface area (Å²) in [4.78, 5) is 12.9. The quantitative estimate of drug-likeness (QED) is 0.732. The monoisotopic (exact) mass is 298 g/mol. The number of rotatable bonds is 1. The molecule has 1 aliphatic carbocycles. The van der Waals surface area contributed by atoms with Gasteiger partial charge in [0, 0.05) is 10.6 Å². The van der Waals surface area contributed by atoms with Crippen LogP contribution in [0.2, 0.25) is 5.02 Å². The highest BCUT2D eigenvalue weighted by molar-refractivity contribution is 6.30. The molecule has 1 aliphatic heterocycles. The summed E-state index contributed by atoms with van der Waals surface area (Å²) >= 11 is 5.93. The Balaban J connectivity index is 1.70. The van der Waals surface area contributed by atoms with Crippen LogP contribution in [0.4, 0.5) is 0 Å². The maximum atomic E-state index is 12.9. The van der Waals surface area contributed by atoms with E-state index in [1.807, 2.05) is 48.5 Å². The van der Waals surface area contributed by atoms with Crippen LogP contribution in [-0.2, 0) is 11.2 Å². The van der Waals surface area contributed by atoms with Gasteiger partial charge < -0.3 is 4.74 Å². The molecule has 0 bridgehead atoms. The second-order valence-electron chi connectivity index (χ2n) is 5.78. The van der Waals surface area contributed by atoms with Crippen molar-refractivity contribution < 1.29 is 9.53 Å². The number of halogens is 1. The lowest BCUT2D eigenvalue weighted by Gasteiger charge is -2.09. The smallest absolute Gasteiger partial charge is 0.197 e. The molecule has 2 aromatic rings. The lowest BCUT2D eigenvalue weighted by molar-refractivity contribution is 0.0867. The molecule has 21 heavy (non-hydrogen) atoms. The molecular formula is C18H15ClO2. The van der Waals surface area contributed by atoms with Gasteiger partial charge in [0.2, 0.25) is 0 Å². The lowest BCUT2D eigenvalue weighted by atomic mass is 9.89. The maximum absolute atomic E-state index is 12.9. The van der Waals surface area contributed by atoms with E-state index in [1.165, 1.54) is 0 Å². The van der Waals surface area contributed by atoms with Gasteiger partial charge in [0.25, 0.3) is 0 Å². The molecule has 2 aliphatic rings. The fourth-order valence-electron chi connectivity index (χ4n) is 3.36. The molecule has 106 valence electrons. The lowest BCUT2D eigenvalue weighted by Crippen LogP contribution is -2.24. The topological polar surface area (TPSA) is 29.6 Å². The van der Waals surface area contributed by atoms with Gasteiger partial charge in [-0.2, -0.15) is 0 Å². The number of Topliss-reactive ketones (excluding diaryl/α,β-unsaturated/α-hetero) is 1. The molecule has 0 N–H and O–H groups in total. The molecule has 1 fully saturated rings. The van der Waals surface area contributed by atoms with E-state index >= 15 is 0 Å². The van der Waals surface area contributed by atoms with Gasteiger partial charge in [-0.15, -0.1) is 0 Å². The number of carbonyl (C=O) groups excluding carboxylic acids is 1. The zero-order valence-corrected chi connectivity index (χ0v) is 12.3. The average molecular weight is 299 g/mol. The van der Waals surface area contributed by atoms with Gasteiger partial charge in [-0.1, -0.05) is 48.0 Å². The summed E-state index contributed by atoms with van der Waals surface area (Å²) in [6.07, 6.45) is 2.58. The number of aryl methyl sites for hydroxylation is 1. The first-order valence-electron chi connectivity index (χ1n) is 7.27. The van der Waals surface area contributed by atoms with E-state index in [-0.39, 0.29) is 11.9 Å². The summed E-state index contributed by atoms with van der Waals surface area (Å²) < 4.78 is 5.93. The van der Waals surface area contributed by atoms with Gasteiger partial charge in [-0.3, -0.25) is 4.79 Å². The fourth-order valence-corrected chi connectivity index (χ4v) is 3.48. The summed E-state index contributed by atoms with van der Waals surface area (Å²) in [7, 11) is 0. The second-order valence-corrected chi connectivity index (χ2v) is 6.22. The summed E-state index contributed by atoms with van der Waals surface area (Å²) in [5.41, 5.74) is 2.35. The summed E-state index contributed by atoms with van der Waals surface area (Å²) in [6.45, 7) is 0. The third-order valence-corrected chi connectivity index (χ3v) is 4.76. The Morgan fingerprint density at radius 2 is 1.86 bits per heavy atom. The largest absolute Gasteiger partial charge is 0.352 e. The minimum Gasteiger partial charge on any atom is -0.352 e. The number of fused-ring (bicyclic) bond motifs is 1. The minimum atomic E-state index is -0.652. The Kier molecular flexibility index (Phi) is 2.91. The third-order valence-electron chi connectivity index (χ3n) is 4.51. The molecule has 0 saturated carbocycles. The van der Waals surface area contributed by atoms with Crippen molar-refractivity contribution in [2.45, 2.75) is 31.0 Å². The Labute approximate surface area is 128 Å². The normalized spacial score (nSPS) is 27.3. The van der Waals surface area contributed by atoms with E-state index in [0.29, 0.717) is 5.02 Å². The Morgan fingerprint density at radius 1 is 1.10 bits per heavy atom. The van der Waals surface area contributed by atoms with Crippen LogP contribution < -0.4 is 0 Å². The first kappa shape index (κ1) is 13.1. The summed E-state index contributed by atoms with van der Waals surface area (Å²) in [5, 5.41) is 0.700. The van der Waals surface area contributed by atoms with Crippen LogP contribution in [-0.4, -0.2) is 11.4 Å². The van der Waals surface area contributed by atoms with Crippen LogP contribution in [0.1, 0.15) is 40.4 Å². The first-order valence-corrected chi connectivity index (χ1v) is 7.64. The SMILES string of the molecule is O=C1c2ccccc2CCC[C@]12O[C@@H]2c1ccc(Cl)cc1. The van der Waals surface area contributed by atoms with E-state index in [0.717, 1.165) is 36.0 Å². The molecular weight excluding hydrogens is 284 g/mol. The number of ketones is 1. The van der Waals surface area contributed by atoms with Crippen molar-refractivity contribution in [3.05, 3.63) is 70.2 Å².